The molecule has 2 rings (SSSR count). The third-order valence-electron chi connectivity index (χ3n) is 3.59. The zero-order valence-electron chi connectivity index (χ0n) is 13.7. The summed E-state index contributed by atoms with van der Waals surface area (Å²) in [7, 11) is -13.7. The highest BCUT2D eigenvalue weighted by Gasteiger charge is 2.57. The Hall–Kier alpha value is -1.87. The molecule has 0 atom stereocenters. The SMILES string of the molecule is CC(=O)C1(c2ccc(O)cc2)CC1.O=S(=O)(OS(=O)(=O)C(F)(F)F)C(F)(F)F. The Morgan fingerprint density at radius 3 is 1.54 bits per heavy atom. The Labute approximate surface area is 155 Å². The van der Waals surface area contributed by atoms with Crippen LogP contribution in [0.3, 0.4) is 0 Å². The number of halogens is 6. The zero-order valence-corrected chi connectivity index (χ0v) is 15.3. The molecule has 1 N–H and O–H groups in total. The Morgan fingerprint density at radius 1 is 0.929 bits per heavy atom. The van der Waals surface area contributed by atoms with Crippen LogP contribution in [-0.4, -0.2) is 38.7 Å². The van der Waals surface area contributed by atoms with Gasteiger partial charge in [-0.3, -0.25) is 4.79 Å². The molecule has 0 aromatic heterocycles. The average Bonchev–Trinajstić information content (AvgIpc) is 3.27. The van der Waals surface area contributed by atoms with Gasteiger partial charge >= 0.3 is 31.3 Å². The standard InChI is InChI=1S/C11H12O2.C2F6O5S2/c1-8(12)11(6-7-11)9-2-4-10(13)5-3-9;3-1(4,5)14(9,10)13-15(11,12)2(6,7)8/h2-5,13H,6-7H2,1H3;. The molecule has 0 bridgehead atoms. The van der Waals surface area contributed by atoms with E-state index in [9.17, 15) is 48.0 Å². The van der Waals surface area contributed by atoms with Gasteiger partial charge in [0.2, 0.25) is 0 Å². The second-order valence-electron chi connectivity index (χ2n) is 5.55. The summed E-state index contributed by atoms with van der Waals surface area (Å²) in [5, 5.41) is 9.10. The number of alkyl halides is 6. The second-order valence-corrected chi connectivity index (χ2v) is 8.84. The summed E-state index contributed by atoms with van der Waals surface area (Å²) in [6, 6.07) is 6.95. The van der Waals surface area contributed by atoms with E-state index in [1.165, 1.54) is 0 Å². The molecule has 1 fully saturated rings. The number of hydrogen-bond acceptors (Lipinski definition) is 7. The summed E-state index contributed by atoms with van der Waals surface area (Å²) in [6.07, 6.45) is 1.90. The molecule has 160 valence electrons. The van der Waals surface area contributed by atoms with Crippen molar-refractivity contribution in [1.82, 2.24) is 0 Å². The summed E-state index contributed by atoms with van der Waals surface area (Å²) in [6.45, 7) is 1.64. The van der Waals surface area contributed by atoms with Gasteiger partial charge in [0.1, 0.15) is 11.5 Å². The number of carbonyl (C=O) groups excluding carboxylic acids is 1. The van der Waals surface area contributed by atoms with Gasteiger partial charge in [0.15, 0.2) is 0 Å². The number of benzene rings is 1. The van der Waals surface area contributed by atoms with Crippen LogP contribution in [0, 0.1) is 0 Å². The smallest absolute Gasteiger partial charge is 0.508 e. The molecule has 1 saturated carbocycles. The number of phenols is 1. The van der Waals surface area contributed by atoms with Crippen LogP contribution in [-0.2, 0) is 34.1 Å². The molecule has 0 saturated heterocycles. The largest absolute Gasteiger partial charge is 0.524 e. The van der Waals surface area contributed by atoms with Crippen LogP contribution in [0.2, 0.25) is 0 Å². The van der Waals surface area contributed by atoms with Crippen molar-refractivity contribution in [3.63, 3.8) is 0 Å². The molecule has 7 nitrogen and oxygen atoms in total. The maximum Gasteiger partial charge on any atom is 0.524 e. The maximum absolute atomic E-state index is 11.4. The Morgan fingerprint density at radius 2 is 1.29 bits per heavy atom. The molecule has 0 spiro atoms. The number of rotatable bonds is 4. The van der Waals surface area contributed by atoms with Crippen molar-refractivity contribution in [1.29, 1.82) is 0 Å². The lowest BCUT2D eigenvalue weighted by Gasteiger charge is -2.10. The van der Waals surface area contributed by atoms with E-state index in [2.05, 4.69) is 0 Å². The van der Waals surface area contributed by atoms with Gasteiger partial charge in [-0.2, -0.15) is 43.2 Å². The zero-order chi connectivity index (χ0) is 22.2. The molecule has 1 aromatic carbocycles. The van der Waals surface area contributed by atoms with Gasteiger partial charge in [0, 0.05) is 0 Å². The highest BCUT2D eigenvalue weighted by atomic mass is 32.3. The van der Waals surface area contributed by atoms with Crippen molar-refractivity contribution in [3.8, 4) is 5.75 Å². The molecule has 0 unspecified atom stereocenters. The third kappa shape index (κ3) is 5.35. The fourth-order valence-electron chi connectivity index (χ4n) is 1.94. The Kier molecular flexibility index (Phi) is 6.49. The van der Waals surface area contributed by atoms with Gasteiger partial charge in [-0.25, -0.2) is 0 Å². The first-order valence-corrected chi connectivity index (χ1v) is 9.81. The van der Waals surface area contributed by atoms with Crippen LogP contribution < -0.4 is 0 Å². The fraction of sp³-hybridized carbons (Fsp3) is 0.462. The molecule has 1 aliphatic rings. The van der Waals surface area contributed by atoms with Crippen LogP contribution >= 0.6 is 0 Å². The minimum Gasteiger partial charge on any atom is -0.508 e. The molecular formula is C13H12F6O7S2. The van der Waals surface area contributed by atoms with Gasteiger partial charge in [-0.15, -0.1) is 3.63 Å². The lowest BCUT2D eigenvalue weighted by atomic mass is 9.92. The van der Waals surface area contributed by atoms with E-state index < -0.39 is 31.3 Å². The van der Waals surface area contributed by atoms with Crippen molar-refractivity contribution in [3.05, 3.63) is 29.8 Å². The summed E-state index contributed by atoms with van der Waals surface area (Å²) in [4.78, 5) is 11.4. The molecule has 1 aromatic rings. The molecule has 28 heavy (non-hydrogen) atoms. The molecule has 0 aliphatic heterocycles. The summed E-state index contributed by atoms with van der Waals surface area (Å²) < 4.78 is 110. The maximum atomic E-state index is 11.4. The van der Waals surface area contributed by atoms with Gasteiger partial charge in [0.05, 0.1) is 5.41 Å². The first kappa shape index (κ1) is 24.2. The lowest BCUT2D eigenvalue weighted by Crippen LogP contribution is -2.34. The van der Waals surface area contributed by atoms with Gasteiger partial charge < -0.3 is 5.11 Å². The highest BCUT2D eigenvalue weighted by Crippen LogP contribution is 2.49. The summed E-state index contributed by atoms with van der Waals surface area (Å²) in [5.74, 6) is 0.487. The molecule has 0 amide bonds. The molecule has 0 heterocycles. The van der Waals surface area contributed by atoms with E-state index in [0.717, 1.165) is 18.4 Å². The van der Waals surface area contributed by atoms with Crippen molar-refractivity contribution in [2.45, 2.75) is 36.2 Å². The van der Waals surface area contributed by atoms with Gasteiger partial charge in [-0.05, 0) is 37.5 Å². The van der Waals surface area contributed by atoms with Crippen LogP contribution in [0.25, 0.3) is 0 Å². The van der Waals surface area contributed by atoms with Gasteiger partial charge in [-0.1, -0.05) is 12.1 Å². The van der Waals surface area contributed by atoms with Crippen LogP contribution in [0.4, 0.5) is 26.3 Å². The summed E-state index contributed by atoms with van der Waals surface area (Å²) in [5.41, 5.74) is -11.7. The monoisotopic (exact) mass is 458 g/mol. The van der Waals surface area contributed by atoms with Crippen LogP contribution in [0.1, 0.15) is 25.3 Å². The van der Waals surface area contributed by atoms with Crippen molar-refractivity contribution < 1.29 is 56.7 Å². The highest BCUT2D eigenvalue weighted by molar-refractivity contribution is 8.00. The van der Waals surface area contributed by atoms with Crippen LogP contribution in [0.15, 0.2) is 24.3 Å². The number of ketones is 1. The number of phenolic OH excluding ortho intramolecular Hbond substituents is 1. The number of Topliss-reactive ketones (excluding diaryl/α,β-unsaturated/α-hetero) is 1. The van der Waals surface area contributed by atoms with Gasteiger partial charge in [0.25, 0.3) is 0 Å². The minimum absolute atomic E-state index is 0.215. The minimum atomic E-state index is -6.85. The fourth-order valence-corrected chi connectivity index (χ4v) is 3.51. The van der Waals surface area contributed by atoms with E-state index in [0.29, 0.717) is 0 Å². The van der Waals surface area contributed by atoms with Crippen molar-refractivity contribution in [2.24, 2.45) is 0 Å². The van der Waals surface area contributed by atoms with E-state index in [1.54, 1.807) is 19.1 Å². The van der Waals surface area contributed by atoms with Crippen molar-refractivity contribution >= 4 is 26.0 Å². The Bertz CT molecular complexity index is 885. The quantitative estimate of drug-likeness (QED) is 0.545. The number of hydrogen-bond donors (Lipinski definition) is 1. The van der Waals surface area contributed by atoms with Crippen molar-refractivity contribution in [2.75, 3.05) is 0 Å². The molecule has 15 heteroatoms. The molecular weight excluding hydrogens is 446 g/mol. The topological polar surface area (TPSA) is 115 Å². The van der Waals surface area contributed by atoms with Crippen LogP contribution in [0.5, 0.6) is 5.75 Å². The molecule has 1 aliphatic carbocycles. The number of aromatic hydroxyl groups is 1. The van der Waals surface area contributed by atoms with E-state index in [1.807, 2.05) is 15.8 Å². The first-order valence-electron chi connectivity index (χ1n) is 7.00. The predicted molar refractivity (Wildman–Crippen MR) is 80.7 cm³/mol. The second kappa shape index (κ2) is 7.51. The summed E-state index contributed by atoms with van der Waals surface area (Å²) >= 11 is 0. The average molecular weight is 458 g/mol. The lowest BCUT2D eigenvalue weighted by molar-refractivity contribution is -0.119. The number of carbonyl (C=O) groups is 1. The normalized spacial score (nSPS) is 16.7. The molecule has 0 radical (unpaired) electrons. The predicted octanol–water partition coefficient (Wildman–Crippen LogP) is 2.72. The Balaban J connectivity index is 0.000000281. The first-order chi connectivity index (χ1) is 12.4. The third-order valence-corrected chi connectivity index (χ3v) is 6.16. The van der Waals surface area contributed by atoms with E-state index >= 15 is 0 Å². The van der Waals surface area contributed by atoms with E-state index in [-0.39, 0.29) is 16.9 Å². The van der Waals surface area contributed by atoms with E-state index in [4.69, 9.17) is 5.11 Å².